The molecule has 3 aliphatic rings. The van der Waals surface area contributed by atoms with Crippen LogP contribution in [-0.2, 0) is 0 Å². The monoisotopic (exact) mass is 280 g/mol. The van der Waals surface area contributed by atoms with Gasteiger partial charge in [0.05, 0.1) is 6.61 Å². The molecule has 0 aromatic rings. The van der Waals surface area contributed by atoms with E-state index in [0.29, 0.717) is 18.7 Å². The van der Waals surface area contributed by atoms with Crippen LogP contribution in [0.5, 0.6) is 0 Å². The molecule has 0 bridgehead atoms. The van der Waals surface area contributed by atoms with Crippen LogP contribution in [-0.4, -0.2) is 46.8 Å². The van der Waals surface area contributed by atoms with E-state index in [1.54, 1.807) is 0 Å². The Bertz CT molecular complexity index is 329. The predicted molar refractivity (Wildman–Crippen MR) is 82.8 cm³/mol. The molecular weight excluding hydrogens is 248 g/mol. The van der Waals surface area contributed by atoms with Crippen molar-refractivity contribution in [2.24, 2.45) is 5.92 Å². The molecule has 20 heavy (non-hydrogen) atoms. The van der Waals surface area contributed by atoms with E-state index in [0.717, 1.165) is 24.8 Å². The first-order chi connectivity index (χ1) is 9.63. The van der Waals surface area contributed by atoms with Gasteiger partial charge in [-0.15, -0.1) is 0 Å². The van der Waals surface area contributed by atoms with Crippen LogP contribution >= 0.6 is 0 Å². The fourth-order valence-electron chi connectivity index (χ4n) is 4.58. The Morgan fingerprint density at radius 1 is 1.20 bits per heavy atom. The maximum Gasteiger partial charge on any atom is 0.0613 e. The highest BCUT2D eigenvalue weighted by Gasteiger charge is 2.43. The molecule has 2 saturated carbocycles. The SMILES string of the molecule is CC(C)C1CCCN1C1CCCC(CO)(NC2CC2)C1. The lowest BCUT2D eigenvalue weighted by Crippen LogP contribution is -2.57. The molecule has 0 radical (unpaired) electrons. The van der Waals surface area contributed by atoms with Crippen LogP contribution in [0, 0.1) is 5.92 Å². The van der Waals surface area contributed by atoms with Gasteiger partial charge in [-0.1, -0.05) is 13.8 Å². The lowest BCUT2D eigenvalue weighted by atomic mass is 9.78. The zero-order valence-electron chi connectivity index (χ0n) is 13.3. The van der Waals surface area contributed by atoms with E-state index in [1.165, 1.54) is 45.1 Å². The fraction of sp³-hybridized carbons (Fsp3) is 1.00. The van der Waals surface area contributed by atoms with Crippen molar-refractivity contribution in [1.82, 2.24) is 10.2 Å². The number of hydrogen-bond donors (Lipinski definition) is 2. The number of rotatable bonds is 5. The summed E-state index contributed by atoms with van der Waals surface area (Å²) in [6.07, 6.45) is 10.3. The van der Waals surface area contributed by atoms with Crippen molar-refractivity contribution >= 4 is 0 Å². The average molecular weight is 280 g/mol. The molecule has 1 saturated heterocycles. The minimum absolute atomic E-state index is 0.0220. The van der Waals surface area contributed by atoms with Gasteiger partial charge in [0.15, 0.2) is 0 Å². The number of nitrogens with zero attached hydrogens (tertiary/aromatic N) is 1. The van der Waals surface area contributed by atoms with Gasteiger partial charge >= 0.3 is 0 Å². The molecular formula is C17H32N2O. The van der Waals surface area contributed by atoms with Gasteiger partial charge in [0, 0.05) is 23.7 Å². The fourth-order valence-corrected chi connectivity index (χ4v) is 4.58. The van der Waals surface area contributed by atoms with Crippen LogP contribution in [0.2, 0.25) is 0 Å². The number of nitrogens with one attached hydrogen (secondary N) is 1. The van der Waals surface area contributed by atoms with Crippen molar-refractivity contribution in [3.05, 3.63) is 0 Å². The van der Waals surface area contributed by atoms with Gasteiger partial charge in [0.25, 0.3) is 0 Å². The van der Waals surface area contributed by atoms with Gasteiger partial charge in [0.2, 0.25) is 0 Å². The molecule has 0 aromatic carbocycles. The summed E-state index contributed by atoms with van der Waals surface area (Å²) in [4.78, 5) is 2.78. The normalized spacial score (nSPS) is 39.6. The number of aliphatic hydroxyl groups is 1. The molecule has 3 nitrogen and oxygen atoms in total. The molecule has 3 rings (SSSR count). The molecule has 0 aromatic heterocycles. The summed E-state index contributed by atoms with van der Waals surface area (Å²) < 4.78 is 0. The molecule has 1 aliphatic heterocycles. The molecule has 1 heterocycles. The molecule has 0 spiro atoms. The Morgan fingerprint density at radius 3 is 2.65 bits per heavy atom. The van der Waals surface area contributed by atoms with E-state index in [-0.39, 0.29) is 5.54 Å². The summed E-state index contributed by atoms with van der Waals surface area (Å²) in [6, 6.07) is 2.16. The van der Waals surface area contributed by atoms with Crippen molar-refractivity contribution in [2.75, 3.05) is 13.2 Å². The molecule has 2 aliphatic carbocycles. The third-order valence-corrected chi connectivity index (χ3v) is 5.79. The van der Waals surface area contributed by atoms with Crippen LogP contribution in [0.4, 0.5) is 0 Å². The second-order valence-electron chi connectivity index (χ2n) is 7.80. The van der Waals surface area contributed by atoms with Crippen molar-refractivity contribution < 1.29 is 5.11 Å². The largest absolute Gasteiger partial charge is 0.394 e. The molecule has 3 atom stereocenters. The first kappa shape index (κ1) is 14.8. The molecule has 3 fully saturated rings. The van der Waals surface area contributed by atoms with Gasteiger partial charge in [-0.05, 0) is 63.8 Å². The Kier molecular flexibility index (Phi) is 4.40. The first-order valence-electron chi connectivity index (χ1n) is 8.78. The molecule has 0 amide bonds. The van der Waals surface area contributed by atoms with Gasteiger partial charge in [0.1, 0.15) is 0 Å². The summed E-state index contributed by atoms with van der Waals surface area (Å²) in [5.41, 5.74) is 0.0220. The average Bonchev–Trinajstić information content (AvgIpc) is 3.10. The van der Waals surface area contributed by atoms with Gasteiger partial charge in [-0.2, -0.15) is 0 Å². The third-order valence-electron chi connectivity index (χ3n) is 5.79. The highest BCUT2D eigenvalue weighted by Crippen LogP contribution is 2.38. The minimum atomic E-state index is 0.0220. The second kappa shape index (κ2) is 5.94. The maximum atomic E-state index is 9.97. The minimum Gasteiger partial charge on any atom is -0.394 e. The van der Waals surface area contributed by atoms with E-state index in [1.807, 2.05) is 0 Å². The number of likely N-dealkylation sites (tertiary alicyclic amines) is 1. The van der Waals surface area contributed by atoms with Crippen molar-refractivity contribution in [3.8, 4) is 0 Å². The van der Waals surface area contributed by atoms with Gasteiger partial charge in [-0.3, -0.25) is 4.90 Å². The topological polar surface area (TPSA) is 35.5 Å². The Labute approximate surface area is 124 Å². The molecule has 3 heteroatoms. The quantitative estimate of drug-likeness (QED) is 0.812. The van der Waals surface area contributed by atoms with Crippen LogP contribution in [0.15, 0.2) is 0 Å². The van der Waals surface area contributed by atoms with Gasteiger partial charge in [-0.25, -0.2) is 0 Å². The van der Waals surface area contributed by atoms with E-state index in [2.05, 4.69) is 24.1 Å². The summed E-state index contributed by atoms with van der Waals surface area (Å²) in [5.74, 6) is 0.763. The maximum absolute atomic E-state index is 9.97. The predicted octanol–water partition coefficient (Wildman–Crippen LogP) is 2.53. The zero-order chi connectivity index (χ0) is 14.2. The lowest BCUT2D eigenvalue weighted by molar-refractivity contribution is 0.0437. The van der Waals surface area contributed by atoms with Crippen LogP contribution in [0.25, 0.3) is 0 Å². The summed E-state index contributed by atoms with van der Waals surface area (Å²) in [7, 11) is 0. The standard InChI is InChI=1S/C17H32N2O/c1-13(2)16-6-4-10-19(16)15-5-3-9-17(11-15,12-20)18-14-7-8-14/h13-16,18,20H,3-12H2,1-2H3. The lowest BCUT2D eigenvalue weighted by Gasteiger charge is -2.46. The molecule has 116 valence electrons. The Balaban J connectivity index is 1.67. The Morgan fingerprint density at radius 2 is 2.00 bits per heavy atom. The first-order valence-corrected chi connectivity index (χ1v) is 8.78. The summed E-state index contributed by atoms with van der Waals surface area (Å²) in [5, 5.41) is 13.7. The highest BCUT2D eigenvalue weighted by atomic mass is 16.3. The molecule has 3 unspecified atom stereocenters. The van der Waals surface area contributed by atoms with Crippen molar-refractivity contribution in [1.29, 1.82) is 0 Å². The third kappa shape index (κ3) is 3.05. The van der Waals surface area contributed by atoms with Crippen LogP contribution in [0.1, 0.15) is 65.2 Å². The number of hydrogen-bond acceptors (Lipinski definition) is 3. The van der Waals surface area contributed by atoms with Gasteiger partial charge < -0.3 is 10.4 Å². The van der Waals surface area contributed by atoms with Crippen LogP contribution < -0.4 is 5.32 Å². The summed E-state index contributed by atoms with van der Waals surface area (Å²) >= 11 is 0. The van der Waals surface area contributed by atoms with E-state index < -0.39 is 0 Å². The molecule has 2 N–H and O–H groups in total. The Hall–Kier alpha value is -0.120. The second-order valence-corrected chi connectivity index (χ2v) is 7.80. The number of aliphatic hydroxyl groups excluding tert-OH is 1. The summed E-state index contributed by atoms with van der Waals surface area (Å²) in [6.45, 7) is 6.33. The van der Waals surface area contributed by atoms with Crippen molar-refractivity contribution in [2.45, 2.75) is 88.9 Å². The van der Waals surface area contributed by atoms with E-state index in [9.17, 15) is 5.11 Å². The van der Waals surface area contributed by atoms with E-state index >= 15 is 0 Å². The van der Waals surface area contributed by atoms with Crippen LogP contribution in [0.3, 0.4) is 0 Å². The van der Waals surface area contributed by atoms with E-state index in [4.69, 9.17) is 0 Å². The smallest absolute Gasteiger partial charge is 0.0613 e. The zero-order valence-corrected chi connectivity index (χ0v) is 13.3. The van der Waals surface area contributed by atoms with Crippen molar-refractivity contribution in [3.63, 3.8) is 0 Å². The highest BCUT2D eigenvalue weighted by molar-refractivity contribution is 5.02.